The molecular formula is C24H23NO4. The maximum absolute atomic E-state index is 12.8. The van der Waals surface area contributed by atoms with Gasteiger partial charge >= 0.3 is 0 Å². The van der Waals surface area contributed by atoms with E-state index in [0.717, 1.165) is 11.1 Å². The number of carbonyl (C=O) groups is 2. The second-order valence-corrected chi connectivity index (χ2v) is 6.77. The molecule has 1 fully saturated rings. The molecule has 3 rings (SSSR count). The number of aryl methyl sites for hydroxylation is 1. The van der Waals surface area contributed by atoms with Gasteiger partial charge in [0.25, 0.3) is 11.7 Å². The van der Waals surface area contributed by atoms with Crippen LogP contribution in [0.25, 0.3) is 5.76 Å². The molecule has 29 heavy (non-hydrogen) atoms. The zero-order valence-electron chi connectivity index (χ0n) is 16.3. The average molecular weight is 389 g/mol. The molecule has 0 radical (unpaired) electrons. The van der Waals surface area contributed by atoms with Crippen molar-refractivity contribution in [2.75, 3.05) is 13.2 Å². The van der Waals surface area contributed by atoms with Gasteiger partial charge in [0.15, 0.2) is 0 Å². The molecule has 1 aliphatic rings. The lowest BCUT2D eigenvalue weighted by molar-refractivity contribution is -0.139. The Morgan fingerprint density at radius 2 is 1.72 bits per heavy atom. The van der Waals surface area contributed by atoms with Crippen molar-refractivity contribution in [1.29, 1.82) is 0 Å². The van der Waals surface area contributed by atoms with Crippen LogP contribution in [0.1, 0.15) is 22.7 Å². The Morgan fingerprint density at radius 3 is 2.31 bits per heavy atom. The Morgan fingerprint density at radius 1 is 1.07 bits per heavy atom. The summed E-state index contributed by atoms with van der Waals surface area (Å²) in [6.07, 6.45) is 3.20. The number of rotatable bonds is 7. The number of nitrogens with zero attached hydrogens (tertiary/aromatic N) is 1. The number of aliphatic hydroxyl groups is 1. The van der Waals surface area contributed by atoms with Gasteiger partial charge in [-0.25, -0.2) is 0 Å². The molecule has 5 nitrogen and oxygen atoms in total. The van der Waals surface area contributed by atoms with E-state index in [-0.39, 0.29) is 17.9 Å². The monoisotopic (exact) mass is 389 g/mol. The average Bonchev–Trinajstić information content (AvgIpc) is 2.98. The van der Waals surface area contributed by atoms with Crippen molar-refractivity contribution in [3.8, 4) is 5.75 Å². The fourth-order valence-electron chi connectivity index (χ4n) is 3.32. The summed E-state index contributed by atoms with van der Waals surface area (Å²) in [5, 5.41) is 10.9. The van der Waals surface area contributed by atoms with Crippen molar-refractivity contribution in [3.05, 3.63) is 96.1 Å². The van der Waals surface area contributed by atoms with Crippen molar-refractivity contribution in [2.45, 2.75) is 13.0 Å². The lowest BCUT2D eigenvalue weighted by Crippen LogP contribution is -2.29. The van der Waals surface area contributed by atoms with Gasteiger partial charge in [0.1, 0.15) is 18.1 Å². The summed E-state index contributed by atoms with van der Waals surface area (Å²) in [5.41, 5.74) is 2.32. The van der Waals surface area contributed by atoms with Gasteiger partial charge in [-0.05, 0) is 36.8 Å². The van der Waals surface area contributed by atoms with Crippen LogP contribution in [0.4, 0.5) is 0 Å². The number of amides is 1. The molecule has 2 aromatic rings. The molecule has 0 aromatic heterocycles. The van der Waals surface area contributed by atoms with Crippen LogP contribution in [0.15, 0.2) is 79.4 Å². The summed E-state index contributed by atoms with van der Waals surface area (Å²) in [6, 6.07) is 13.6. The van der Waals surface area contributed by atoms with Gasteiger partial charge in [-0.3, -0.25) is 9.59 Å². The maximum Gasteiger partial charge on any atom is 0.295 e. The first-order chi connectivity index (χ1) is 14.0. The van der Waals surface area contributed by atoms with Crippen molar-refractivity contribution in [2.24, 2.45) is 0 Å². The Balaban J connectivity index is 2.08. The van der Waals surface area contributed by atoms with Gasteiger partial charge in [0.2, 0.25) is 0 Å². The number of carbonyl (C=O) groups excluding carboxylic acids is 2. The second-order valence-electron chi connectivity index (χ2n) is 6.77. The molecule has 5 heteroatoms. The molecule has 1 unspecified atom stereocenters. The van der Waals surface area contributed by atoms with E-state index in [2.05, 4.69) is 13.2 Å². The number of hydrogen-bond donors (Lipinski definition) is 1. The van der Waals surface area contributed by atoms with Crippen molar-refractivity contribution < 1.29 is 19.4 Å². The standard InChI is InChI=1S/C24H23NO4/c1-4-14-25-21(17-8-6-16(3)7-9-17)20(23(27)24(25)28)22(26)18-10-12-19(13-11-18)29-15-5-2/h4-13,21,26H,1-2,14-15H2,3H3/b22-20-. The van der Waals surface area contributed by atoms with Crippen LogP contribution in [-0.4, -0.2) is 34.8 Å². The first kappa shape index (κ1) is 20.1. The van der Waals surface area contributed by atoms with Crippen LogP contribution in [0.5, 0.6) is 5.75 Å². The minimum atomic E-state index is -0.707. The van der Waals surface area contributed by atoms with E-state index in [1.165, 1.54) is 4.90 Å². The van der Waals surface area contributed by atoms with Crippen LogP contribution < -0.4 is 4.74 Å². The number of hydrogen-bond acceptors (Lipinski definition) is 4. The topological polar surface area (TPSA) is 66.8 Å². The number of ether oxygens (including phenoxy) is 1. The molecule has 2 aromatic carbocycles. The first-order valence-electron chi connectivity index (χ1n) is 9.28. The number of aliphatic hydroxyl groups excluding tert-OH is 1. The van der Waals surface area contributed by atoms with Gasteiger partial charge in [-0.2, -0.15) is 0 Å². The number of Topliss-reactive ketones (excluding diaryl/α,β-unsaturated/α-hetero) is 1. The molecule has 148 valence electrons. The van der Waals surface area contributed by atoms with Crippen LogP contribution in [-0.2, 0) is 9.59 Å². The van der Waals surface area contributed by atoms with Gasteiger partial charge in [0.05, 0.1) is 11.6 Å². The summed E-state index contributed by atoms with van der Waals surface area (Å²) in [5.74, 6) is -0.954. The smallest absolute Gasteiger partial charge is 0.295 e. The van der Waals surface area contributed by atoms with Gasteiger partial charge in [-0.1, -0.05) is 48.6 Å². The third-order valence-corrected chi connectivity index (χ3v) is 4.75. The van der Waals surface area contributed by atoms with Gasteiger partial charge in [0, 0.05) is 12.1 Å². The molecule has 1 saturated heterocycles. The minimum Gasteiger partial charge on any atom is -0.507 e. The van der Waals surface area contributed by atoms with Crippen molar-refractivity contribution >= 4 is 17.4 Å². The van der Waals surface area contributed by atoms with E-state index >= 15 is 0 Å². The van der Waals surface area contributed by atoms with Gasteiger partial charge in [-0.15, -0.1) is 6.58 Å². The minimum absolute atomic E-state index is 0.0699. The summed E-state index contributed by atoms with van der Waals surface area (Å²) < 4.78 is 5.45. The highest BCUT2D eigenvalue weighted by Gasteiger charge is 2.45. The van der Waals surface area contributed by atoms with E-state index in [1.54, 1.807) is 36.4 Å². The zero-order valence-corrected chi connectivity index (χ0v) is 16.3. The SMILES string of the molecule is C=CCOc1ccc(/C(O)=C2/C(=O)C(=O)N(CC=C)C2c2ccc(C)cc2)cc1. The predicted octanol–water partition coefficient (Wildman–Crippen LogP) is 4.17. The van der Waals surface area contributed by atoms with Gasteiger partial charge < -0.3 is 14.7 Å². The molecule has 1 N–H and O–H groups in total. The lowest BCUT2D eigenvalue weighted by Gasteiger charge is -2.24. The van der Waals surface area contributed by atoms with Crippen LogP contribution in [0.2, 0.25) is 0 Å². The highest BCUT2D eigenvalue weighted by Crippen LogP contribution is 2.39. The van der Waals surface area contributed by atoms with E-state index in [9.17, 15) is 14.7 Å². The number of likely N-dealkylation sites (tertiary alicyclic amines) is 1. The molecule has 0 bridgehead atoms. The Kier molecular flexibility index (Phi) is 5.98. The predicted molar refractivity (Wildman–Crippen MR) is 113 cm³/mol. The van der Waals surface area contributed by atoms with Crippen LogP contribution in [0.3, 0.4) is 0 Å². The summed E-state index contributed by atoms with van der Waals surface area (Å²) >= 11 is 0. The zero-order chi connectivity index (χ0) is 21.0. The van der Waals surface area contributed by atoms with Crippen molar-refractivity contribution in [3.63, 3.8) is 0 Å². The van der Waals surface area contributed by atoms with Crippen LogP contribution in [0, 0.1) is 6.92 Å². The van der Waals surface area contributed by atoms with E-state index in [4.69, 9.17) is 4.74 Å². The lowest BCUT2D eigenvalue weighted by atomic mass is 9.94. The fraction of sp³-hybridized carbons (Fsp3) is 0.167. The highest BCUT2D eigenvalue weighted by atomic mass is 16.5. The Labute approximate surface area is 170 Å². The third kappa shape index (κ3) is 3.99. The van der Waals surface area contributed by atoms with Crippen LogP contribution >= 0.6 is 0 Å². The third-order valence-electron chi connectivity index (χ3n) is 4.75. The molecule has 1 heterocycles. The van der Waals surface area contributed by atoms with Crippen molar-refractivity contribution in [1.82, 2.24) is 4.90 Å². The van der Waals surface area contributed by atoms with E-state index in [0.29, 0.717) is 17.9 Å². The summed E-state index contributed by atoms with van der Waals surface area (Å²) in [4.78, 5) is 26.8. The highest BCUT2D eigenvalue weighted by molar-refractivity contribution is 6.46. The number of ketones is 1. The molecule has 0 aliphatic carbocycles. The Hall–Kier alpha value is -3.60. The number of benzene rings is 2. The van der Waals surface area contributed by atoms with E-state index in [1.807, 2.05) is 31.2 Å². The molecule has 1 aliphatic heterocycles. The van der Waals surface area contributed by atoms with E-state index < -0.39 is 17.7 Å². The summed E-state index contributed by atoms with van der Waals surface area (Å²) in [7, 11) is 0. The maximum atomic E-state index is 12.8. The molecule has 1 atom stereocenters. The first-order valence-corrected chi connectivity index (χ1v) is 9.28. The molecule has 0 saturated carbocycles. The second kappa shape index (κ2) is 8.61. The quantitative estimate of drug-likeness (QED) is 0.334. The molecular weight excluding hydrogens is 366 g/mol. The largest absolute Gasteiger partial charge is 0.507 e. The fourth-order valence-corrected chi connectivity index (χ4v) is 3.32. The normalized spacial score (nSPS) is 18.0. The molecule has 1 amide bonds. The molecule has 0 spiro atoms. The summed E-state index contributed by atoms with van der Waals surface area (Å²) in [6.45, 7) is 9.81. The Bertz CT molecular complexity index is 971.